The zero-order chi connectivity index (χ0) is 17.8. The molecule has 0 N–H and O–H groups in total. The van der Waals surface area contributed by atoms with Crippen molar-refractivity contribution in [2.24, 2.45) is 5.41 Å². The Balaban J connectivity index is 1.80. The highest BCUT2D eigenvalue weighted by atomic mass is 16.7. The smallest absolute Gasteiger partial charge is 0.190 e. The first kappa shape index (κ1) is 18.0. The van der Waals surface area contributed by atoms with Crippen LogP contribution in [-0.2, 0) is 22.4 Å². The second-order valence-corrected chi connectivity index (χ2v) is 6.96. The quantitative estimate of drug-likeness (QED) is 0.768. The van der Waals surface area contributed by atoms with Crippen LogP contribution in [0.15, 0.2) is 43.0 Å². The van der Waals surface area contributed by atoms with Crippen LogP contribution in [0, 0.1) is 5.41 Å². The van der Waals surface area contributed by atoms with Gasteiger partial charge >= 0.3 is 0 Å². The highest BCUT2D eigenvalue weighted by molar-refractivity contribution is 5.28. The molecule has 1 fully saturated rings. The van der Waals surface area contributed by atoms with Crippen molar-refractivity contribution in [2.75, 3.05) is 20.3 Å². The highest BCUT2D eigenvalue weighted by Crippen LogP contribution is 2.38. The molecule has 0 atom stereocenters. The number of hydrogen-bond donors (Lipinski definition) is 0. The second kappa shape index (κ2) is 7.58. The summed E-state index contributed by atoms with van der Waals surface area (Å²) in [5.74, 6) is 0.192. The summed E-state index contributed by atoms with van der Waals surface area (Å²) >= 11 is 0. The van der Waals surface area contributed by atoms with E-state index in [4.69, 9.17) is 14.2 Å². The van der Waals surface area contributed by atoms with Crippen LogP contribution in [0.3, 0.4) is 0 Å². The van der Waals surface area contributed by atoms with Crippen molar-refractivity contribution in [3.8, 4) is 5.75 Å². The highest BCUT2D eigenvalue weighted by Gasteiger charge is 2.43. The summed E-state index contributed by atoms with van der Waals surface area (Å²) in [6.45, 7) is 6.50. The molecule has 0 bridgehead atoms. The lowest BCUT2D eigenvalue weighted by Gasteiger charge is -2.46. The van der Waals surface area contributed by atoms with Crippen molar-refractivity contribution >= 4 is 0 Å². The lowest BCUT2D eigenvalue weighted by molar-refractivity contribution is -0.310. The molecule has 0 radical (unpaired) electrons. The van der Waals surface area contributed by atoms with Gasteiger partial charge in [0.1, 0.15) is 5.75 Å². The maximum Gasteiger partial charge on any atom is 0.190 e. The molecule has 5 nitrogen and oxygen atoms in total. The Morgan fingerprint density at radius 3 is 2.32 bits per heavy atom. The fourth-order valence-corrected chi connectivity index (χ4v) is 3.27. The van der Waals surface area contributed by atoms with Crippen molar-refractivity contribution in [2.45, 2.75) is 45.4 Å². The van der Waals surface area contributed by atoms with Gasteiger partial charge in [-0.2, -0.15) is 0 Å². The molecule has 0 spiro atoms. The summed E-state index contributed by atoms with van der Waals surface area (Å²) in [5, 5.41) is 0. The van der Waals surface area contributed by atoms with E-state index in [-0.39, 0.29) is 5.41 Å². The van der Waals surface area contributed by atoms with Crippen molar-refractivity contribution in [3.05, 3.63) is 48.5 Å². The summed E-state index contributed by atoms with van der Waals surface area (Å²) in [6.07, 6.45) is 8.36. The fraction of sp³-hybridized carbons (Fsp3) is 0.550. The molecule has 1 aliphatic rings. The van der Waals surface area contributed by atoms with E-state index < -0.39 is 5.79 Å². The predicted octanol–water partition coefficient (Wildman–Crippen LogP) is 3.68. The molecular formula is C20H28N2O3. The minimum atomic E-state index is -0.664. The Labute approximate surface area is 149 Å². The van der Waals surface area contributed by atoms with Gasteiger partial charge in [-0.25, -0.2) is 4.98 Å². The van der Waals surface area contributed by atoms with Gasteiger partial charge in [0, 0.05) is 24.2 Å². The molecule has 25 heavy (non-hydrogen) atoms. The van der Waals surface area contributed by atoms with Crippen molar-refractivity contribution in [1.82, 2.24) is 9.55 Å². The van der Waals surface area contributed by atoms with E-state index in [9.17, 15) is 0 Å². The van der Waals surface area contributed by atoms with Crippen LogP contribution in [0.2, 0.25) is 0 Å². The predicted molar refractivity (Wildman–Crippen MR) is 96.6 cm³/mol. The first-order valence-electron chi connectivity index (χ1n) is 8.99. The molecule has 2 heterocycles. The van der Waals surface area contributed by atoms with Gasteiger partial charge in [0.2, 0.25) is 0 Å². The monoisotopic (exact) mass is 344 g/mol. The van der Waals surface area contributed by atoms with Gasteiger partial charge in [-0.05, 0) is 30.5 Å². The molecule has 1 aromatic heterocycles. The molecule has 0 aliphatic carbocycles. The summed E-state index contributed by atoms with van der Waals surface area (Å²) < 4.78 is 20.1. The number of ether oxygens (including phenoxy) is 3. The molecule has 136 valence electrons. The third-order valence-corrected chi connectivity index (χ3v) is 5.40. The van der Waals surface area contributed by atoms with E-state index in [0.717, 1.165) is 31.8 Å². The van der Waals surface area contributed by atoms with Crippen LogP contribution in [0.5, 0.6) is 5.75 Å². The average molecular weight is 344 g/mol. The van der Waals surface area contributed by atoms with E-state index in [1.54, 1.807) is 13.3 Å². The minimum Gasteiger partial charge on any atom is -0.497 e. The Kier molecular flexibility index (Phi) is 5.45. The van der Waals surface area contributed by atoms with Crippen LogP contribution in [-0.4, -0.2) is 35.7 Å². The van der Waals surface area contributed by atoms with Crippen molar-refractivity contribution < 1.29 is 14.2 Å². The number of methoxy groups -OCH3 is 1. The normalized spacial score (nSPS) is 18.8. The number of hydrogen-bond acceptors (Lipinski definition) is 4. The lowest BCUT2D eigenvalue weighted by Crippen LogP contribution is -2.52. The zero-order valence-electron chi connectivity index (χ0n) is 15.4. The first-order valence-corrected chi connectivity index (χ1v) is 8.99. The molecule has 3 rings (SSSR count). The Hall–Kier alpha value is -1.85. The fourth-order valence-electron chi connectivity index (χ4n) is 3.27. The maximum atomic E-state index is 6.40. The number of benzene rings is 1. The molecule has 0 saturated carbocycles. The van der Waals surface area contributed by atoms with Crippen LogP contribution < -0.4 is 4.74 Å². The molecule has 5 heteroatoms. The Bertz CT molecular complexity index is 638. The van der Waals surface area contributed by atoms with Gasteiger partial charge in [0.15, 0.2) is 5.79 Å². The van der Waals surface area contributed by atoms with E-state index in [0.29, 0.717) is 13.0 Å². The molecule has 2 aromatic rings. The molecule has 0 amide bonds. The van der Waals surface area contributed by atoms with Gasteiger partial charge in [0.25, 0.3) is 0 Å². The zero-order valence-corrected chi connectivity index (χ0v) is 15.4. The largest absolute Gasteiger partial charge is 0.497 e. The SMILES string of the molecule is CCC1(CC)COC(Cc2ccc(OC)cc2)(Cn2ccnc2)OC1. The summed E-state index contributed by atoms with van der Waals surface area (Å²) in [4.78, 5) is 4.14. The van der Waals surface area contributed by atoms with Crippen LogP contribution >= 0.6 is 0 Å². The van der Waals surface area contributed by atoms with Gasteiger partial charge in [-0.1, -0.05) is 26.0 Å². The number of rotatable bonds is 7. The maximum absolute atomic E-state index is 6.40. The molecule has 0 unspecified atom stereocenters. The number of aromatic nitrogens is 2. The summed E-state index contributed by atoms with van der Waals surface area (Å²) in [7, 11) is 1.68. The van der Waals surface area contributed by atoms with Gasteiger partial charge in [-0.3, -0.25) is 0 Å². The van der Waals surface area contributed by atoms with Gasteiger partial charge in [-0.15, -0.1) is 0 Å². The number of imidazole rings is 1. The van der Waals surface area contributed by atoms with Crippen molar-refractivity contribution in [3.63, 3.8) is 0 Å². The standard InChI is InChI=1S/C20H28N2O3/c1-4-19(5-2)14-24-20(25-15-19,13-22-11-10-21-16-22)12-17-6-8-18(23-3)9-7-17/h6-11,16H,4-5,12-15H2,1-3H3. The van der Waals surface area contributed by atoms with E-state index in [1.165, 1.54) is 5.56 Å². The topological polar surface area (TPSA) is 45.5 Å². The van der Waals surface area contributed by atoms with Gasteiger partial charge in [0.05, 0.1) is 33.2 Å². The second-order valence-electron chi connectivity index (χ2n) is 6.96. The van der Waals surface area contributed by atoms with Crippen LogP contribution in [0.4, 0.5) is 0 Å². The van der Waals surface area contributed by atoms with Crippen LogP contribution in [0.1, 0.15) is 32.3 Å². The van der Waals surface area contributed by atoms with Crippen LogP contribution in [0.25, 0.3) is 0 Å². The molecule has 1 saturated heterocycles. The summed E-state index contributed by atoms with van der Waals surface area (Å²) in [6, 6.07) is 8.10. The first-order chi connectivity index (χ1) is 12.1. The Morgan fingerprint density at radius 2 is 1.80 bits per heavy atom. The van der Waals surface area contributed by atoms with E-state index in [2.05, 4.69) is 31.0 Å². The number of nitrogens with zero attached hydrogens (tertiary/aromatic N) is 2. The third-order valence-electron chi connectivity index (χ3n) is 5.40. The molecular weight excluding hydrogens is 316 g/mol. The van der Waals surface area contributed by atoms with Crippen molar-refractivity contribution in [1.29, 1.82) is 0 Å². The van der Waals surface area contributed by atoms with E-state index >= 15 is 0 Å². The molecule has 1 aromatic carbocycles. The van der Waals surface area contributed by atoms with Gasteiger partial charge < -0.3 is 18.8 Å². The van der Waals surface area contributed by atoms with E-state index in [1.807, 2.05) is 29.2 Å². The summed E-state index contributed by atoms with van der Waals surface area (Å²) in [5.41, 5.74) is 1.29. The molecule has 1 aliphatic heterocycles. The lowest BCUT2D eigenvalue weighted by atomic mass is 9.83. The Morgan fingerprint density at radius 1 is 1.12 bits per heavy atom. The average Bonchev–Trinajstić information content (AvgIpc) is 3.16. The third kappa shape index (κ3) is 4.05. The minimum absolute atomic E-state index is 0.123.